The van der Waals surface area contributed by atoms with Crippen LogP contribution in [0.3, 0.4) is 0 Å². The Labute approximate surface area is 212 Å². The smallest absolute Gasteiger partial charge is 0.268 e. The molecule has 0 spiro atoms. The molecule has 6 rings (SSSR count). The van der Waals surface area contributed by atoms with Crippen molar-refractivity contribution in [2.75, 3.05) is 36.7 Å². The molecule has 2 aromatic carbocycles. The van der Waals surface area contributed by atoms with Crippen molar-refractivity contribution >= 4 is 46.4 Å². The molecule has 8 nitrogen and oxygen atoms in total. The maximum Gasteiger partial charge on any atom is 0.268 e. The summed E-state index contributed by atoms with van der Waals surface area (Å²) in [4.78, 5) is 25.8. The van der Waals surface area contributed by atoms with E-state index in [2.05, 4.69) is 32.3 Å². The largest absolute Gasteiger partial charge is 0.455 e. The standard InChI is InChI=1S/C25H23Cl2N5O3/c26-20-2-1-3-21(27)22(20)32-14-35-23-19(24(32)33)11-28-25(30-23)29-17-5-4-16-12-31(8-6-15(16)10-17)18-7-9-34-13-18/h1-5,10-11,18H,6-9,12-14H2,(H,28,29,30). The summed E-state index contributed by atoms with van der Waals surface area (Å²) in [5, 5.41) is 3.97. The summed E-state index contributed by atoms with van der Waals surface area (Å²) in [6.07, 6.45) is 3.56. The van der Waals surface area contributed by atoms with E-state index < -0.39 is 0 Å². The summed E-state index contributed by atoms with van der Waals surface area (Å²) < 4.78 is 11.3. The van der Waals surface area contributed by atoms with E-state index in [1.165, 1.54) is 22.2 Å². The number of halogens is 2. The van der Waals surface area contributed by atoms with Gasteiger partial charge in [-0.15, -0.1) is 0 Å². The Bertz CT molecular complexity index is 1280. The van der Waals surface area contributed by atoms with Gasteiger partial charge < -0.3 is 14.8 Å². The molecule has 0 radical (unpaired) electrons. The number of hydrogen-bond acceptors (Lipinski definition) is 7. The van der Waals surface area contributed by atoms with E-state index in [-0.39, 0.29) is 24.1 Å². The van der Waals surface area contributed by atoms with Crippen LogP contribution in [-0.4, -0.2) is 53.3 Å². The van der Waals surface area contributed by atoms with E-state index in [0.717, 1.165) is 44.8 Å². The maximum absolute atomic E-state index is 13.1. The van der Waals surface area contributed by atoms with E-state index in [0.29, 0.717) is 27.7 Å². The first-order valence-corrected chi connectivity index (χ1v) is 12.3. The SMILES string of the molecule is O=C1c2cnc(Nc3ccc4c(c3)CCN(C3CCOC3)C4)nc2OCN1c1c(Cl)cccc1Cl. The highest BCUT2D eigenvalue weighted by atomic mass is 35.5. The Hall–Kier alpha value is -2.91. The van der Waals surface area contributed by atoms with Crippen LogP contribution in [0.2, 0.25) is 10.0 Å². The summed E-state index contributed by atoms with van der Waals surface area (Å²) in [5.74, 6) is 0.263. The Morgan fingerprint density at radius 3 is 2.77 bits per heavy atom. The highest BCUT2D eigenvalue weighted by molar-refractivity contribution is 6.40. The molecule has 3 aliphatic rings. The van der Waals surface area contributed by atoms with E-state index in [1.807, 2.05) is 6.07 Å². The lowest BCUT2D eigenvalue weighted by Gasteiger charge is -2.33. The van der Waals surface area contributed by atoms with Crippen LogP contribution in [0.4, 0.5) is 17.3 Å². The van der Waals surface area contributed by atoms with Crippen LogP contribution in [-0.2, 0) is 17.7 Å². The molecule has 1 atom stereocenters. The van der Waals surface area contributed by atoms with Gasteiger partial charge in [0, 0.05) is 37.6 Å². The van der Waals surface area contributed by atoms with Gasteiger partial charge in [-0.25, -0.2) is 4.98 Å². The summed E-state index contributed by atoms with van der Waals surface area (Å²) in [7, 11) is 0. The predicted octanol–water partition coefficient (Wildman–Crippen LogP) is 4.67. The zero-order valence-electron chi connectivity index (χ0n) is 18.8. The zero-order chi connectivity index (χ0) is 23.9. The fourth-order valence-electron chi connectivity index (χ4n) is 4.83. The zero-order valence-corrected chi connectivity index (χ0v) is 20.3. The summed E-state index contributed by atoms with van der Waals surface area (Å²) in [5.41, 5.74) is 4.21. The Balaban J connectivity index is 1.18. The van der Waals surface area contributed by atoms with Crippen LogP contribution < -0.4 is 15.0 Å². The number of anilines is 3. The number of nitrogens with one attached hydrogen (secondary N) is 1. The van der Waals surface area contributed by atoms with Gasteiger partial charge in [-0.2, -0.15) is 4.98 Å². The molecule has 0 saturated carbocycles. The Kier molecular flexibility index (Phi) is 5.98. The van der Waals surface area contributed by atoms with Crippen molar-refractivity contribution in [3.05, 3.63) is 69.3 Å². The number of fused-ring (bicyclic) bond motifs is 2. The second kappa shape index (κ2) is 9.28. The van der Waals surface area contributed by atoms with Crippen LogP contribution >= 0.6 is 23.2 Å². The van der Waals surface area contributed by atoms with Gasteiger partial charge in [-0.1, -0.05) is 35.3 Å². The first kappa shape index (κ1) is 22.5. The number of hydrogen-bond donors (Lipinski definition) is 1. The second-order valence-corrected chi connectivity index (χ2v) is 9.65. The van der Waals surface area contributed by atoms with Crippen molar-refractivity contribution in [3.8, 4) is 5.88 Å². The molecule has 0 aliphatic carbocycles. The van der Waals surface area contributed by atoms with Crippen LogP contribution in [0.15, 0.2) is 42.6 Å². The average Bonchev–Trinajstić information content (AvgIpc) is 3.40. The van der Waals surface area contributed by atoms with Crippen LogP contribution in [0.1, 0.15) is 27.9 Å². The molecule has 10 heteroatoms. The van der Waals surface area contributed by atoms with Gasteiger partial charge in [0.2, 0.25) is 11.8 Å². The highest BCUT2D eigenvalue weighted by Gasteiger charge is 2.31. The molecule has 1 N–H and O–H groups in total. The summed E-state index contributed by atoms with van der Waals surface area (Å²) >= 11 is 12.6. The van der Waals surface area contributed by atoms with Gasteiger partial charge in [0.1, 0.15) is 5.56 Å². The number of ether oxygens (including phenoxy) is 2. The Morgan fingerprint density at radius 1 is 1.11 bits per heavy atom. The normalized spacial score (nSPS) is 19.8. The number of carbonyl (C=O) groups excluding carboxylic acids is 1. The van der Waals surface area contributed by atoms with Crippen molar-refractivity contribution in [3.63, 3.8) is 0 Å². The predicted molar refractivity (Wildman–Crippen MR) is 134 cm³/mol. The van der Waals surface area contributed by atoms with Gasteiger partial charge in [-0.3, -0.25) is 14.6 Å². The molecule has 0 bridgehead atoms. The fourth-order valence-corrected chi connectivity index (χ4v) is 5.43. The average molecular weight is 512 g/mol. The molecule has 3 aromatic rings. The Morgan fingerprint density at radius 2 is 1.97 bits per heavy atom. The number of aromatic nitrogens is 2. The molecule has 1 saturated heterocycles. The van der Waals surface area contributed by atoms with Gasteiger partial charge in [0.05, 0.1) is 22.3 Å². The summed E-state index contributed by atoms with van der Waals surface area (Å²) in [6.45, 7) is 3.62. The van der Waals surface area contributed by atoms with Crippen molar-refractivity contribution in [2.45, 2.75) is 25.4 Å². The third kappa shape index (κ3) is 4.31. The summed E-state index contributed by atoms with van der Waals surface area (Å²) in [6, 6.07) is 11.9. The van der Waals surface area contributed by atoms with Crippen molar-refractivity contribution in [1.29, 1.82) is 0 Å². The first-order chi connectivity index (χ1) is 17.1. The lowest BCUT2D eigenvalue weighted by atomic mass is 9.97. The van der Waals surface area contributed by atoms with Crippen LogP contribution in [0.5, 0.6) is 5.88 Å². The number of carbonyl (C=O) groups is 1. The van der Waals surface area contributed by atoms with Crippen molar-refractivity contribution < 1.29 is 14.3 Å². The lowest BCUT2D eigenvalue weighted by molar-refractivity contribution is 0.0932. The third-order valence-corrected chi connectivity index (χ3v) is 7.30. The van der Waals surface area contributed by atoms with Gasteiger partial charge >= 0.3 is 0 Å². The fraction of sp³-hybridized carbons (Fsp3) is 0.320. The van der Waals surface area contributed by atoms with E-state index in [9.17, 15) is 4.79 Å². The first-order valence-electron chi connectivity index (χ1n) is 11.5. The molecule has 1 aromatic heterocycles. The topological polar surface area (TPSA) is 79.8 Å². The van der Waals surface area contributed by atoms with Crippen molar-refractivity contribution in [1.82, 2.24) is 14.9 Å². The monoisotopic (exact) mass is 511 g/mol. The minimum absolute atomic E-state index is 0.0485. The molecule has 1 amide bonds. The molecule has 3 aliphatic heterocycles. The molecular weight excluding hydrogens is 489 g/mol. The van der Waals surface area contributed by atoms with E-state index in [1.54, 1.807) is 18.2 Å². The molecule has 35 heavy (non-hydrogen) atoms. The molecule has 1 unspecified atom stereocenters. The van der Waals surface area contributed by atoms with Gasteiger partial charge in [0.25, 0.3) is 5.91 Å². The third-order valence-electron chi connectivity index (χ3n) is 6.69. The molecule has 4 heterocycles. The number of para-hydroxylation sites is 1. The van der Waals surface area contributed by atoms with Crippen molar-refractivity contribution in [2.24, 2.45) is 0 Å². The second-order valence-electron chi connectivity index (χ2n) is 8.84. The molecule has 1 fully saturated rings. The highest BCUT2D eigenvalue weighted by Crippen LogP contribution is 2.37. The van der Waals surface area contributed by atoms with E-state index >= 15 is 0 Å². The minimum Gasteiger partial charge on any atom is -0.455 e. The number of benzene rings is 2. The van der Waals surface area contributed by atoms with Gasteiger partial charge in [0.15, 0.2) is 6.73 Å². The minimum atomic E-state index is -0.321. The van der Waals surface area contributed by atoms with Crippen LogP contribution in [0, 0.1) is 0 Å². The quantitative estimate of drug-likeness (QED) is 0.544. The molecule has 180 valence electrons. The van der Waals surface area contributed by atoms with E-state index in [4.69, 9.17) is 32.7 Å². The number of rotatable bonds is 4. The molecular formula is C25H23Cl2N5O3. The number of nitrogens with zero attached hydrogens (tertiary/aromatic N) is 4. The number of amides is 1. The maximum atomic E-state index is 13.1. The lowest BCUT2D eigenvalue weighted by Crippen LogP contribution is -2.39. The van der Waals surface area contributed by atoms with Gasteiger partial charge in [-0.05, 0) is 48.2 Å². The van der Waals surface area contributed by atoms with Crippen LogP contribution in [0.25, 0.3) is 0 Å².